The lowest BCUT2D eigenvalue weighted by Gasteiger charge is -2.27. The zero-order valence-electron chi connectivity index (χ0n) is 31.7. The summed E-state index contributed by atoms with van der Waals surface area (Å²) in [7, 11) is 7.06. The van der Waals surface area contributed by atoms with Crippen LogP contribution in [0.5, 0.6) is 11.5 Å². The molecule has 1 aliphatic carbocycles. The van der Waals surface area contributed by atoms with Gasteiger partial charge in [-0.25, -0.2) is 0 Å². The number of ether oxygens (including phenoxy) is 2. The number of nitrogens with zero attached hydrogens (tertiary/aromatic N) is 4. The van der Waals surface area contributed by atoms with Crippen LogP contribution in [0.2, 0.25) is 0 Å². The molecule has 2 aromatic carbocycles. The van der Waals surface area contributed by atoms with E-state index in [-0.39, 0.29) is 60.8 Å². The van der Waals surface area contributed by atoms with Crippen LogP contribution in [0.15, 0.2) is 49.3 Å². The summed E-state index contributed by atoms with van der Waals surface area (Å²) in [6.45, 7) is 4.93. The third kappa shape index (κ3) is 7.94. The first-order valence-electron chi connectivity index (χ1n) is 18.4. The summed E-state index contributed by atoms with van der Waals surface area (Å²) in [6.07, 6.45) is 6.10. The smallest absolute Gasteiger partial charge is 0.262 e. The molecular formula is C41H46N6O8. The molecule has 0 spiro atoms. The van der Waals surface area contributed by atoms with Crippen molar-refractivity contribution in [3.05, 3.63) is 88.4 Å². The van der Waals surface area contributed by atoms with Crippen molar-refractivity contribution < 1.29 is 38.2 Å². The Balaban J connectivity index is 0.938. The van der Waals surface area contributed by atoms with E-state index in [1.807, 2.05) is 48.2 Å². The number of hydrogen-bond acceptors (Lipinski definition) is 10. The molecule has 0 bridgehead atoms. The zero-order chi connectivity index (χ0) is 39.4. The van der Waals surface area contributed by atoms with Gasteiger partial charge in [0, 0.05) is 69.3 Å². The predicted octanol–water partition coefficient (Wildman–Crippen LogP) is 3.61. The van der Waals surface area contributed by atoms with Crippen LogP contribution >= 0.6 is 0 Å². The lowest BCUT2D eigenvalue weighted by Crippen LogP contribution is -2.47. The summed E-state index contributed by atoms with van der Waals surface area (Å²) in [4.78, 5) is 78.9. The van der Waals surface area contributed by atoms with E-state index in [1.54, 1.807) is 32.4 Å². The standard InChI is InChI=1S/C41H46N6O8/c1-24-39-30(22-44-46(39)3)31(23-45(24)2)26-19-34(54-4)28(35(20-26)55-5)10-7-12-36(50)42-17-8-18-43-37(51)16-13-25-9-6-11-29-38(25)41(53)47(40(29)52)32-15-14-27(48)21-33(32)49/h6,9,11,19-20,22-23,32H,1,7-8,10,12-18,21H2,2-5H3,(H,42,50)(H,43,51). The molecule has 4 amide bonds. The van der Waals surface area contributed by atoms with Crippen molar-refractivity contribution in [2.75, 3.05) is 34.4 Å². The van der Waals surface area contributed by atoms with E-state index in [4.69, 9.17) is 9.47 Å². The van der Waals surface area contributed by atoms with Crippen LogP contribution in [-0.4, -0.2) is 95.2 Å². The molecule has 2 N–H and O–H groups in total. The number of carbonyl (C=O) groups is 6. The number of nitrogens with one attached hydrogen (secondary N) is 2. The Morgan fingerprint density at radius 2 is 1.60 bits per heavy atom. The fourth-order valence-corrected chi connectivity index (χ4v) is 7.49. The molecule has 14 nitrogen and oxygen atoms in total. The van der Waals surface area contributed by atoms with E-state index < -0.39 is 23.6 Å². The maximum Gasteiger partial charge on any atom is 0.262 e. The molecule has 0 saturated heterocycles. The Kier molecular flexibility index (Phi) is 11.6. The Morgan fingerprint density at radius 1 is 0.909 bits per heavy atom. The van der Waals surface area contributed by atoms with Gasteiger partial charge in [0.05, 0.1) is 55.4 Å². The molecular weight excluding hydrogens is 704 g/mol. The maximum absolute atomic E-state index is 13.3. The van der Waals surface area contributed by atoms with E-state index in [9.17, 15) is 28.8 Å². The zero-order valence-corrected chi connectivity index (χ0v) is 31.7. The maximum atomic E-state index is 13.3. The van der Waals surface area contributed by atoms with Crippen molar-refractivity contribution in [2.45, 2.75) is 63.8 Å². The second-order valence-electron chi connectivity index (χ2n) is 14.0. The largest absolute Gasteiger partial charge is 0.496 e. The Bertz CT molecular complexity index is 2090. The average Bonchev–Trinajstić information content (AvgIpc) is 3.68. The molecule has 3 aliphatic rings. The average molecular weight is 751 g/mol. The minimum absolute atomic E-state index is 0.0873. The Morgan fingerprint density at radius 3 is 2.27 bits per heavy atom. The van der Waals surface area contributed by atoms with Gasteiger partial charge in [0.15, 0.2) is 5.78 Å². The highest BCUT2D eigenvalue weighted by Crippen LogP contribution is 2.40. The highest BCUT2D eigenvalue weighted by atomic mass is 16.5. The van der Waals surface area contributed by atoms with E-state index >= 15 is 0 Å². The number of ketones is 2. The summed E-state index contributed by atoms with van der Waals surface area (Å²) >= 11 is 0. The third-order valence-electron chi connectivity index (χ3n) is 10.4. The number of imide groups is 1. The first kappa shape index (κ1) is 38.7. The topological polar surface area (TPSA) is 169 Å². The summed E-state index contributed by atoms with van der Waals surface area (Å²) < 4.78 is 13.4. The van der Waals surface area contributed by atoms with Gasteiger partial charge in [-0.2, -0.15) is 5.10 Å². The number of fused-ring (bicyclic) bond motifs is 2. The van der Waals surface area contributed by atoms with Crippen molar-refractivity contribution >= 4 is 46.5 Å². The van der Waals surface area contributed by atoms with Crippen LogP contribution in [0, 0.1) is 0 Å². The second kappa shape index (κ2) is 16.5. The second-order valence-corrected chi connectivity index (χ2v) is 14.0. The SMILES string of the molecule is C=C1c2c(cnn2C)C(c2cc(OC)c(CCCC(=O)NCCCNC(=O)CCc3cccc4c3C(=O)N(C3CCC(=O)CC3=O)C4=O)c(OC)c2)=CN1C. The number of amides is 4. The van der Waals surface area contributed by atoms with Crippen LogP contribution in [0.25, 0.3) is 11.3 Å². The van der Waals surface area contributed by atoms with E-state index in [0.717, 1.165) is 38.6 Å². The summed E-state index contributed by atoms with van der Waals surface area (Å²) in [5.41, 5.74) is 6.46. The van der Waals surface area contributed by atoms with Gasteiger partial charge in [0.25, 0.3) is 11.8 Å². The molecule has 0 radical (unpaired) electrons. The van der Waals surface area contributed by atoms with Crippen LogP contribution in [0.3, 0.4) is 0 Å². The van der Waals surface area contributed by atoms with Gasteiger partial charge in [0.1, 0.15) is 17.3 Å². The van der Waals surface area contributed by atoms with Crippen LogP contribution < -0.4 is 20.1 Å². The fourth-order valence-electron chi connectivity index (χ4n) is 7.49. The van der Waals surface area contributed by atoms with Crippen LogP contribution in [0.4, 0.5) is 0 Å². The van der Waals surface area contributed by atoms with Crippen LogP contribution in [0.1, 0.15) is 93.6 Å². The third-order valence-corrected chi connectivity index (χ3v) is 10.4. The van der Waals surface area contributed by atoms with E-state index in [1.165, 1.54) is 0 Å². The lowest BCUT2D eigenvalue weighted by molar-refractivity contribution is -0.132. The number of carbonyl (C=O) groups excluding carboxylic acids is 6. The number of aryl methyl sites for hydroxylation is 2. The minimum atomic E-state index is -0.946. The van der Waals surface area contributed by atoms with Gasteiger partial charge in [-0.15, -0.1) is 0 Å². The monoisotopic (exact) mass is 750 g/mol. The van der Waals surface area contributed by atoms with Crippen molar-refractivity contribution in [3.8, 4) is 11.5 Å². The first-order valence-corrected chi connectivity index (χ1v) is 18.4. The van der Waals surface area contributed by atoms with Crippen molar-refractivity contribution in [3.63, 3.8) is 0 Å². The minimum Gasteiger partial charge on any atom is -0.496 e. The van der Waals surface area contributed by atoms with E-state index in [0.29, 0.717) is 55.8 Å². The van der Waals surface area contributed by atoms with Crippen molar-refractivity contribution in [1.29, 1.82) is 0 Å². The molecule has 1 saturated carbocycles. The number of hydrogen-bond donors (Lipinski definition) is 2. The van der Waals surface area contributed by atoms with Crippen molar-refractivity contribution in [1.82, 2.24) is 30.2 Å². The fraction of sp³-hybridized carbons (Fsp3) is 0.390. The van der Waals surface area contributed by atoms with Gasteiger partial charge in [-0.3, -0.25) is 38.3 Å². The molecule has 14 heteroatoms. The summed E-state index contributed by atoms with van der Waals surface area (Å²) in [5.74, 6) is -0.735. The number of benzene rings is 2. The number of methoxy groups -OCH3 is 2. The molecule has 1 fully saturated rings. The molecule has 2 aliphatic heterocycles. The number of rotatable bonds is 15. The molecule has 1 atom stereocenters. The van der Waals surface area contributed by atoms with Gasteiger partial charge in [-0.1, -0.05) is 18.7 Å². The number of Topliss-reactive ketones (excluding diaryl/α,β-unsaturated/α-hetero) is 2. The van der Waals surface area contributed by atoms with Crippen molar-refractivity contribution in [2.24, 2.45) is 7.05 Å². The van der Waals surface area contributed by atoms with Crippen LogP contribution in [-0.2, 0) is 39.1 Å². The number of aromatic nitrogens is 2. The molecule has 3 heterocycles. The molecule has 1 unspecified atom stereocenters. The van der Waals surface area contributed by atoms with E-state index in [2.05, 4.69) is 22.3 Å². The summed E-state index contributed by atoms with van der Waals surface area (Å²) in [6, 6.07) is 7.90. The molecule has 6 rings (SSSR count). The first-order chi connectivity index (χ1) is 26.4. The molecule has 55 heavy (non-hydrogen) atoms. The Hall–Kier alpha value is -6.05. The molecule has 3 aromatic rings. The quantitative estimate of drug-likeness (QED) is 0.133. The highest BCUT2D eigenvalue weighted by Gasteiger charge is 2.45. The summed E-state index contributed by atoms with van der Waals surface area (Å²) in [5, 5.41) is 10.2. The predicted molar refractivity (Wildman–Crippen MR) is 203 cm³/mol. The van der Waals surface area contributed by atoms with Gasteiger partial charge in [0.2, 0.25) is 11.8 Å². The van der Waals surface area contributed by atoms with Gasteiger partial charge >= 0.3 is 0 Å². The molecule has 288 valence electrons. The van der Waals surface area contributed by atoms with Gasteiger partial charge < -0.3 is 25.0 Å². The van der Waals surface area contributed by atoms with Gasteiger partial charge in [-0.05, 0) is 61.4 Å². The molecule has 1 aromatic heterocycles. The highest BCUT2D eigenvalue weighted by molar-refractivity contribution is 6.24. The normalized spacial score (nSPS) is 16.5. The lowest BCUT2D eigenvalue weighted by atomic mass is 9.92. The Labute approximate surface area is 319 Å².